The lowest BCUT2D eigenvalue weighted by Crippen LogP contribution is -2.03. The Kier molecular flexibility index (Phi) is 6.07. The van der Waals surface area contributed by atoms with Gasteiger partial charge >= 0.3 is 0 Å². The molecule has 5 nitrogen and oxygen atoms in total. The minimum absolute atomic E-state index is 0.0446. The van der Waals surface area contributed by atoms with Crippen molar-refractivity contribution in [3.05, 3.63) is 100 Å². The second-order valence-corrected chi connectivity index (χ2v) is 9.56. The number of nitrogens with one attached hydrogen (secondary N) is 1. The van der Waals surface area contributed by atoms with Gasteiger partial charge in [-0.2, -0.15) is 5.10 Å². The van der Waals surface area contributed by atoms with Crippen LogP contribution in [0, 0.1) is 0 Å². The number of methoxy groups -OCH3 is 1. The smallest absolute Gasteiger partial charge is 0.185 e. The van der Waals surface area contributed by atoms with E-state index in [9.17, 15) is 4.79 Å². The molecular formula is C26H20BrN3O2S. The van der Waals surface area contributed by atoms with Gasteiger partial charge in [-0.25, -0.2) is 0 Å². The average molecular weight is 518 g/mol. The number of nitrogens with zero attached hydrogens (tertiary/aromatic N) is 2. The number of benzene rings is 3. The van der Waals surface area contributed by atoms with Gasteiger partial charge in [0.25, 0.3) is 0 Å². The summed E-state index contributed by atoms with van der Waals surface area (Å²) in [5, 5.41) is 7.75. The standard InChI is InChI=1S/C26H20BrN3O2S/c1-32-24-10-7-17(12-19(24)15-30-16-20(27)14-28-30)6-9-23(31)18-8-11-26-22(13-18)29-21-4-2-3-5-25(21)33-26/h2-14,16,29H,15H2,1H3/b9-6+. The zero-order valence-electron chi connectivity index (χ0n) is 17.8. The Hall–Kier alpha value is -3.29. The molecule has 0 aliphatic carbocycles. The van der Waals surface area contributed by atoms with E-state index in [2.05, 4.69) is 32.4 Å². The van der Waals surface area contributed by atoms with E-state index >= 15 is 0 Å². The maximum absolute atomic E-state index is 12.9. The highest BCUT2D eigenvalue weighted by atomic mass is 79.9. The summed E-state index contributed by atoms with van der Waals surface area (Å²) in [5.74, 6) is 0.737. The van der Waals surface area contributed by atoms with E-state index in [1.807, 2.05) is 71.6 Å². The van der Waals surface area contributed by atoms with Crippen LogP contribution >= 0.6 is 27.7 Å². The van der Waals surface area contributed by atoms with Crippen LogP contribution in [-0.2, 0) is 6.54 Å². The second-order valence-electron chi connectivity index (χ2n) is 7.56. The fourth-order valence-electron chi connectivity index (χ4n) is 3.69. The molecule has 0 unspecified atom stereocenters. The van der Waals surface area contributed by atoms with Gasteiger partial charge in [-0.15, -0.1) is 0 Å². The monoisotopic (exact) mass is 517 g/mol. The van der Waals surface area contributed by atoms with Crippen molar-refractivity contribution >= 4 is 50.9 Å². The van der Waals surface area contributed by atoms with Gasteiger partial charge in [-0.05, 0) is 70.0 Å². The third kappa shape index (κ3) is 4.74. The number of carbonyl (C=O) groups excluding carboxylic acids is 1. The number of carbonyl (C=O) groups is 1. The number of anilines is 2. The number of halogens is 1. The van der Waals surface area contributed by atoms with Crippen molar-refractivity contribution in [3.8, 4) is 5.75 Å². The van der Waals surface area contributed by atoms with Crippen molar-refractivity contribution in [3.63, 3.8) is 0 Å². The molecule has 0 saturated heterocycles. The summed E-state index contributed by atoms with van der Waals surface area (Å²) in [6, 6.07) is 19.8. The molecule has 4 aromatic rings. The van der Waals surface area contributed by atoms with Crippen LogP contribution in [0.1, 0.15) is 21.5 Å². The molecule has 0 amide bonds. The van der Waals surface area contributed by atoms with E-state index in [4.69, 9.17) is 4.74 Å². The van der Waals surface area contributed by atoms with E-state index in [-0.39, 0.29) is 5.78 Å². The number of rotatable bonds is 6. The van der Waals surface area contributed by atoms with Gasteiger partial charge in [-0.1, -0.05) is 36.0 Å². The molecule has 2 heterocycles. The van der Waals surface area contributed by atoms with Gasteiger partial charge in [0.05, 0.1) is 35.7 Å². The highest BCUT2D eigenvalue weighted by Gasteiger charge is 2.16. The predicted molar refractivity (Wildman–Crippen MR) is 136 cm³/mol. The number of allylic oxidation sites excluding steroid dienone is 1. The van der Waals surface area contributed by atoms with Crippen LogP contribution in [-0.4, -0.2) is 22.7 Å². The van der Waals surface area contributed by atoms with Gasteiger partial charge in [0.15, 0.2) is 5.78 Å². The Morgan fingerprint density at radius 1 is 1.12 bits per heavy atom. The second kappa shape index (κ2) is 9.29. The lowest BCUT2D eigenvalue weighted by atomic mass is 10.1. The average Bonchev–Trinajstić information content (AvgIpc) is 3.25. The van der Waals surface area contributed by atoms with Crippen molar-refractivity contribution in [2.24, 2.45) is 0 Å². The molecule has 1 aliphatic rings. The molecule has 0 saturated carbocycles. The molecule has 33 heavy (non-hydrogen) atoms. The summed E-state index contributed by atoms with van der Waals surface area (Å²) in [6.45, 7) is 0.569. The Morgan fingerprint density at radius 2 is 1.97 bits per heavy atom. The quantitative estimate of drug-likeness (QED) is 0.198. The molecule has 0 radical (unpaired) electrons. The first-order valence-electron chi connectivity index (χ1n) is 10.3. The highest BCUT2D eigenvalue weighted by Crippen LogP contribution is 2.44. The van der Waals surface area contributed by atoms with Crippen molar-refractivity contribution in [2.75, 3.05) is 12.4 Å². The summed E-state index contributed by atoms with van der Waals surface area (Å²) < 4.78 is 8.25. The Balaban J connectivity index is 1.34. The minimum Gasteiger partial charge on any atom is -0.496 e. The fraction of sp³-hybridized carbons (Fsp3) is 0.0769. The molecule has 164 valence electrons. The summed E-state index contributed by atoms with van der Waals surface area (Å²) in [6.07, 6.45) is 7.11. The summed E-state index contributed by atoms with van der Waals surface area (Å²) in [4.78, 5) is 15.2. The Morgan fingerprint density at radius 3 is 2.79 bits per heavy atom. The maximum Gasteiger partial charge on any atom is 0.185 e. The number of hydrogen-bond acceptors (Lipinski definition) is 5. The molecule has 0 spiro atoms. The number of aromatic nitrogens is 2. The predicted octanol–water partition coefficient (Wildman–Crippen LogP) is 6.81. The lowest BCUT2D eigenvalue weighted by molar-refractivity contribution is 0.104. The summed E-state index contributed by atoms with van der Waals surface area (Å²) >= 11 is 5.13. The first-order valence-corrected chi connectivity index (χ1v) is 12.0. The Bertz CT molecular complexity index is 1380. The number of ketones is 1. The minimum atomic E-state index is -0.0446. The molecule has 1 aliphatic heterocycles. The number of para-hydroxylation sites is 1. The van der Waals surface area contributed by atoms with Crippen LogP contribution in [0.4, 0.5) is 11.4 Å². The van der Waals surface area contributed by atoms with Gasteiger partial charge in [0.2, 0.25) is 0 Å². The SMILES string of the molecule is COc1ccc(/C=C/C(=O)c2ccc3c(c2)Nc2ccccc2S3)cc1Cn1cc(Br)cn1. The van der Waals surface area contributed by atoms with Crippen molar-refractivity contribution < 1.29 is 9.53 Å². The van der Waals surface area contributed by atoms with Gasteiger partial charge < -0.3 is 10.1 Å². The van der Waals surface area contributed by atoms with E-state index in [0.717, 1.165) is 37.6 Å². The van der Waals surface area contributed by atoms with Crippen LogP contribution in [0.3, 0.4) is 0 Å². The molecule has 1 N–H and O–H groups in total. The highest BCUT2D eigenvalue weighted by molar-refractivity contribution is 9.10. The van der Waals surface area contributed by atoms with E-state index in [1.54, 1.807) is 31.1 Å². The third-order valence-corrected chi connectivity index (χ3v) is 6.87. The number of fused-ring (bicyclic) bond motifs is 2. The van der Waals surface area contributed by atoms with E-state index in [0.29, 0.717) is 12.1 Å². The molecule has 0 fully saturated rings. The van der Waals surface area contributed by atoms with E-state index in [1.165, 1.54) is 4.90 Å². The molecule has 7 heteroatoms. The van der Waals surface area contributed by atoms with Gasteiger partial charge in [0.1, 0.15) is 5.75 Å². The number of hydrogen-bond donors (Lipinski definition) is 1. The van der Waals surface area contributed by atoms with Gasteiger partial charge in [-0.3, -0.25) is 9.48 Å². The first kappa shape index (κ1) is 21.6. The normalized spacial score (nSPS) is 12.2. The molecule has 5 rings (SSSR count). The van der Waals surface area contributed by atoms with Crippen LogP contribution in [0.15, 0.2) is 93.4 Å². The summed E-state index contributed by atoms with van der Waals surface area (Å²) in [7, 11) is 1.65. The van der Waals surface area contributed by atoms with Crippen molar-refractivity contribution in [1.82, 2.24) is 9.78 Å². The fourth-order valence-corrected chi connectivity index (χ4v) is 4.98. The molecule has 0 atom stereocenters. The third-order valence-electron chi connectivity index (χ3n) is 5.31. The molecule has 1 aromatic heterocycles. The topological polar surface area (TPSA) is 56.1 Å². The van der Waals surface area contributed by atoms with Gasteiger partial charge in [0, 0.05) is 27.1 Å². The number of ether oxygens (including phenoxy) is 1. The maximum atomic E-state index is 12.9. The van der Waals surface area contributed by atoms with Crippen LogP contribution in [0.25, 0.3) is 6.08 Å². The summed E-state index contributed by atoms with van der Waals surface area (Å²) in [5.41, 5.74) is 4.56. The zero-order chi connectivity index (χ0) is 22.8. The largest absolute Gasteiger partial charge is 0.496 e. The molecule has 0 bridgehead atoms. The molecule has 3 aromatic carbocycles. The Labute approximate surface area is 204 Å². The van der Waals surface area contributed by atoms with Crippen molar-refractivity contribution in [2.45, 2.75) is 16.3 Å². The zero-order valence-corrected chi connectivity index (χ0v) is 20.2. The van der Waals surface area contributed by atoms with Crippen LogP contribution in [0.2, 0.25) is 0 Å². The van der Waals surface area contributed by atoms with E-state index < -0.39 is 0 Å². The van der Waals surface area contributed by atoms with Crippen LogP contribution in [0.5, 0.6) is 5.75 Å². The van der Waals surface area contributed by atoms with Crippen LogP contribution < -0.4 is 10.1 Å². The molecular weight excluding hydrogens is 498 g/mol. The van der Waals surface area contributed by atoms with Crippen molar-refractivity contribution in [1.29, 1.82) is 0 Å². The first-order chi connectivity index (χ1) is 16.1. The lowest BCUT2D eigenvalue weighted by Gasteiger charge is -2.20.